The van der Waals surface area contributed by atoms with Crippen molar-refractivity contribution >= 4 is 0 Å². The van der Waals surface area contributed by atoms with Gasteiger partial charge in [-0.3, -0.25) is 0 Å². The first kappa shape index (κ1) is 14.8. The number of rotatable bonds is 6. The van der Waals surface area contributed by atoms with Crippen molar-refractivity contribution in [2.45, 2.75) is 44.1 Å². The van der Waals surface area contributed by atoms with E-state index in [2.05, 4.69) is 0 Å². The van der Waals surface area contributed by atoms with E-state index >= 15 is 0 Å². The van der Waals surface area contributed by atoms with E-state index in [1.807, 2.05) is 6.92 Å². The lowest BCUT2D eigenvalue weighted by molar-refractivity contribution is -0.280. The summed E-state index contributed by atoms with van der Waals surface area (Å²) in [5, 5.41) is 19.5. The highest BCUT2D eigenvalue weighted by atomic mass is 16.7. The fraction of sp³-hybridized carbons (Fsp3) is 1.00. The topological polar surface area (TPSA) is 77.4 Å². The maximum absolute atomic E-state index is 10.0. The molecule has 5 atom stereocenters. The van der Waals surface area contributed by atoms with Gasteiger partial charge in [-0.1, -0.05) is 6.92 Å². The Hall–Kier alpha value is -0.240. The van der Waals surface area contributed by atoms with Crippen LogP contribution in [0.5, 0.6) is 0 Å². The third-order valence-corrected chi connectivity index (χ3v) is 2.90. The molecule has 2 unspecified atom stereocenters. The zero-order chi connectivity index (χ0) is 12.8. The highest BCUT2D eigenvalue weighted by Crippen LogP contribution is 2.21. The van der Waals surface area contributed by atoms with E-state index in [9.17, 15) is 10.2 Å². The second-order valence-corrected chi connectivity index (χ2v) is 4.06. The summed E-state index contributed by atoms with van der Waals surface area (Å²) < 4.78 is 21.0. The van der Waals surface area contributed by atoms with Gasteiger partial charge in [0.05, 0.1) is 19.3 Å². The van der Waals surface area contributed by atoms with Crippen molar-refractivity contribution in [3.63, 3.8) is 0 Å². The van der Waals surface area contributed by atoms with E-state index in [0.717, 1.165) is 0 Å². The molecule has 0 aromatic rings. The van der Waals surface area contributed by atoms with E-state index < -0.39 is 30.7 Å². The summed E-state index contributed by atoms with van der Waals surface area (Å²) in [6.07, 6.45) is -2.52. The van der Waals surface area contributed by atoms with Gasteiger partial charge in [0, 0.05) is 14.2 Å². The van der Waals surface area contributed by atoms with Gasteiger partial charge in [-0.25, -0.2) is 0 Å². The van der Waals surface area contributed by atoms with Crippen molar-refractivity contribution in [3.8, 4) is 0 Å². The number of hydrogen-bond donors (Lipinski definition) is 2. The number of methoxy groups -OCH3 is 2. The maximum Gasteiger partial charge on any atom is 0.186 e. The molecule has 1 rings (SSSR count). The van der Waals surface area contributed by atoms with Gasteiger partial charge in [0.25, 0.3) is 0 Å². The summed E-state index contributed by atoms with van der Waals surface area (Å²) in [6, 6.07) is 0. The molecule has 0 saturated carbocycles. The van der Waals surface area contributed by atoms with E-state index in [1.165, 1.54) is 14.2 Å². The molecule has 6 nitrogen and oxygen atoms in total. The minimum Gasteiger partial charge on any atom is -0.391 e. The number of hydrogen-bond acceptors (Lipinski definition) is 6. The summed E-state index contributed by atoms with van der Waals surface area (Å²) in [5.74, 6) is 0. The zero-order valence-electron chi connectivity index (χ0n) is 10.5. The Balaban J connectivity index is 2.55. The van der Waals surface area contributed by atoms with Crippen molar-refractivity contribution in [1.29, 1.82) is 0 Å². The molecule has 0 spiro atoms. The lowest BCUT2D eigenvalue weighted by atomic mass is 10.1. The van der Waals surface area contributed by atoms with Gasteiger partial charge in [0.15, 0.2) is 6.29 Å². The molecule has 1 heterocycles. The van der Waals surface area contributed by atoms with Gasteiger partial charge in [-0.2, -0.15) is 0 Å². The minimum absolute atomic E-state index is 0.137. The van der Waals surface area contributed by atoms with Crippen molar-refractivity contribution in [2.24, 2.45) is 0 Å². The maximum atomic E-state index is 10.0. The molecule has 6 heteroatoms. The fourth-order valence-corrected chi connectivity index (χ4v) is 1.68. The molecule has 1 fully saturated rings. The first-order valence-corrected chi connectivity index (χ1v) is 5.78. The molecule has 0 aromatic carbocycles. The molecule has 1 aliphatic heterocycles. The minimum atomic E-state index is -0.831. The van der Waals surface area contributed by atoms with Crippen LogP contribution in [0.25, 0.3) is 0 Å². The van der Waals surface area contributed by atoms with Crippen LogP contribution >= 0.6 is 0 Å². The largest absolute Gasteiger partial charge is 0.391 e. The molecule has 102 valence electrons. The number of aliphatic hydroxyl groups excluding tert-OH is 2. The molecule has 0 aliphatic carbocycles. The van der Waals surface area contributed by atoms with Crippen molar-refractivity contribution in [2.75, 3.05) is 27.4 Å². The van der Waals surface area contributed by atoms with Crippen LogP contribution in [-0.4, -0.2) is 68.4 Å². The van der Waals surface area contributed by atoms with Gasteiger partial charge in [0.1, 0.15) is 18.3 Å². The lowest BCUT2D eigenvalue weighted by Crippen LogP contribution is -2.55. The quantitative estimate of drug-likeness (QED) is 0.663. The Morgan fingerprint density at radius 2 is 2.06 bits per heavy atom. The van der Waals surface area contributed by atoms with Crippen molar-refractivity contribution in [1.82, 2.24) is 0 Å². The Labute approximate surface area is 101 Å². The van der Waals surface area contributed by atoms with Crippen LogP contribution in [0.1, 0.15) is 13.3 Å². The fourth-order valence-electron chi connectivity index (χ4n) is 1.68. The Kier molecular flexibility index (Phi) is 6.32. The van der Waals surface area contributed by atoms with E-state index in [4.69, 9.17) is 18.9 Å². The molecule has 2 N–H and O–H groups in total. The summed E-state index contributed by atoms with van der Waals surface area (Å²) in [6.45, 7) is 2.25. The molecule has 0 bridgehead atoms. The number of ether oxygens (including phenoxy) is 4. The summed E-state index contributed by atoms with van der Waals surface area (Å²) >= 11 is 0. The van der Waals surface area contributed by atoms with E-state index in [-0.39, 0.29) is 13.2 Å². The number of aliphatic hydroxyl groups is 2. The third kappa shape index (κ3) is 3.87. The predicted molar refractivity (Wildman–Crippen MR) is 59.6 cm³/mol. The summed E-state index contributed by atoms with van der Waals surface area (Å²) in [4.78, 5) is 0. The standard InChI is InChI=1S/C11H22O6/c1-4-7(12)5-16-10-9(13)8(14-2)6-17-11(10)15-3/h7-13H,4-6H2,1-3H3/t7?,8-,9?,10+,11-/m1/s1. The average molecular weight is 250 g/mol. The average Bonchev–Trinajstić information content (AvgIpc) is 2.36. The molecule has 1 aliphatic rings. The van der Waals surface area contributed by atoms with Gasteiger partial charge in [-0.15, -0.1) is 0 Å². The Bertz CT molecular complexity index is 212. The van der Waals surface area contributed by atoms with Crippen LogP contribution in [-0.2, 0) is 18.9 Å². The van der Waals surface area contributed by atoms with E-state index in [0.29, 0.717) is 6.42 Å². The van der Waals surface area contributed by atoms with E-state index in [1.54, 1.807) is 0 Å². The van der Waals surface area contributed by atoms with Gasteiger partial charge < -0.3 is 29.2 Å². The van der Waals surface area contributed by atoms with Crippen LogP contribution in [0.4, 0.5) is 0 Å². The highest BCUT2D eigenvalue weighted by Gasteiger charge is 2.41. The third-order valence-electron chi connectivity index (χ3n) is 2.90. The lowest BCUT2D eigenvalue weighted by Gasteiger charge is -2.38. The molecule has 0 aromatic heterocycles. The first-order chi connectivity index (χ1) is 8.13. The second-order valence-electron chi connectivity index (χ2n) is 4.06. The van der Waals surface area contributed by atoms with Crippen LogP contribution in [0, 0.1) is 0 Å². The van der Waals surface area contributed by atoms with Gasteiger partial charge >= 0.3 is 0 Å². The normalized spacial score (nSPS) is 35.8. The molecular weight excluding hydrogens is 228 g/mol. The summed E-state index contributed by atoms with van der Waals surface area (Å²) in [7, 11) is 2.99. The van der Waals surface area contributed by atoms with Gasteiger partial charge in [-0.05, 0) is 6.42 Å². The zero-order valence-corrected chi connectivity index (χ0v) is 10.5. The van der Waals surface area contributed by atoms with Crippen molar-refractivity contribution < 1.29 is 29.2 Å². The highest BCUT2D eigenvalue weighted by molar-refractivity contribution is 4.85. The molecule has 17 heavy (non-hydrogen) atoms. The molecule has 1 saturated heterocycles. The molecule has 0 radical (unpaired) electrons. The SMILES string of the molecule is CCC(O)CO[C@H]1C(O)[C@H](OC)CO[C@H]1OC. The predicted octanol–water partition coefficient (Wildman–Crippen LogP) is -0.479. The smallest absolute Gasteiger partial charge is 0.186 e. The van der Waals surface area contributed by atoms with Gasteiger partial charge in [0.2, 0.25) is 0 Å². The second kappa shape index (κ2) is 7.25. The molecular formula is C11H22O6. The Morgan fingerprint density at radius 3 is 2.59 bits per heavy atom. The van der Waals surface area contributed by atoms with Crippen LogP contribution in [0.15, 0.2) is 0 Å². The van der Waals surface area contributed by atoms with Crippen LogP contribution in [0.3, 0.4) is 0 Å². The monoisotopic (exact) mass is 250 g/mol. The Morgan fingerprint density at radius 1 is 1.35 bits per heavy atom. The summed E-state index contributed by atoms with van der Waals surface area (Å²) in [5.41, 5.74) is 0. The van der Waals surface area contributed by atoms with Crippen LogP contribution in [0.2, 0.25) is 0 Å². The molecule has 0 amide bonds. The van der Waals surface area contributed by atoms with Crippen LogP contribution < -0.4 is 0 Å². The first-order valence-electron chi connectivity index (χ1n) is 5.78. The van der Waals surface area contributed by atoms with Crippen molar-refractivity contribution in [3.05, 3.63) is 0 Å².